The highest BCUT2D eigenvalue weighted by atomic mass is 16.5. The van der Waals surface area contributed by atoms with Crippen LogP contribution < -0.4 is 5.06 Å². The van der Waals surface area contributed by atoms with Crippen molar-refractivity contribution in [1.82, 2.24) is 0 Å². The second-order valence-electron chi connectivity index (χ2n) is 8.06. The van der Waals surface area contributed by atoms with Crippen molar-refractivity contribution in [2.45, 2.75) is 69.9 Å². The van der Waals surface area contributed by atoms with Crippen LogP contribution in [0.15, 0.2) is 0 Å². The molecule has 17 heavy (non-hydrogen) atoms. The Kier molecular flexibility index (Phi) is 1.96. The minimum atomic E-state index is -0.0185. The van der Waals surface area contributed by atoms with Gasteiger partial charge in [0, 0.05) is 24.7 Å². The fourth-order valence-corrected chi connectivity index (χ4v) is 6.18. The van der Waals surface area contributed by atoms with Gasteiger partial charge in [-0.1, -0.05) is 0 Å². The molecule has 0 aromatic carbocycles. The van der Waals surface area contributed by atoms with Gasteiger partial charge in [-0.05, 0) is 57.8 Å². The first kappa shape index (κ1) is 10.8. The Balaban J connectivity index is 1.75. The lowest BCUT2D eigenvalue weighted by Crippen LogP contribution is -3.22. The molecule has 4 saturated carbocycles. The first-order valence-electron chi connectivity index (χ1n) is 7.57. The maximum atomic E-state index is 12.9. The van der Waals surface area contributed by atoms with Crippen LogP contribution in [0.4, 0.5) is 0 Å². The quantitative estimate of drug-likeness (QED) is 0.640. The smallest absolute Gasteiger partial charge is 0.104 e. The highest BCUT2D eigenvalue weighted by Crippen LogP contribution is 2.59. The second kappa shape index (κ2) is 3.08. The van der Waals surface area contributed by atoms with E-state index in [4.69, 9.17) is 0 Å². The van der Waals surface area contributed by atoms with Gasteiger partial charge in [0.05, 0.1) is 5.54 Å². The highest BCUT2D eigenvalue weighted by molar-refractivity contribution is 5.10. The number of rotatable bonds is 0. The van der Waals surface area contributed by atoms with E-state index in [1.165, 1.54) is 38.5 Å². The summed E-state index contributed by atoms with van der Waals surface area (Å²) in [6.07, 6.45) is 9.38. The van der Waals surface area contributed by atoms with Crippen LogP contribution in [0.2, 0.25) is 0 Å². The lowest BCUT2D eigenvalue weighted by atomic mass is 9.48. The predicted octanol–water partition coefficient (Wildman–Crippen LogP) is 2.14. The normalized spacial score (nSPS) is 59.1. The summed E-state index contributed by atoms with van der Waals surface area (Å²) >= 11 is 0. The van der Waals surface area contributed by atoms with E-state index in [-0.39, 0.29) is 11.1 Å². The van der Waals surface area contributed by atoms with E-state index >= 15 is 0 Å². The van der Waals surface area contributed by atoms with Gasteiger partial charge in [-0.25, -0.2) is 0 Å². The molecule has 5 rings (SSSR count). The van der Waals surface area contributed by atoms with Gasteiger partial charge in [-0.15, -0.1) is 0 Å². The van der Waals surface area contributed by atoms with E-state index in [1.54, 1.807) is 0 Å². The van der Waals surface area contributed by atoms with Gasteiger partial charge in [0.2, 0.25) is 0 Å². The van der Waals surface area contributed by atoms with Crippen LogP contribution in [0.3, 0.4) is 0 Å². The van der Waals surface area contributed by atoms with Crippen molar-refractivity contribution in [1.29, 1.82) is 0 Å². The molecule has 0 aromatic rings. The van der Waals surface area contributed by atoms with Crippen LogP contribution in [0.25, 0.3) is 0 Å². The Hall–Kier alpha value is -0.0800. The average Bonchev–Trinajstić information content (AvgIpc) is 2.49. The Labute approximate surface area is 104 Å². The van der Waals surface area contributed by atoms with Crippen molar-refractivity contribution in [2.75, 3.05) is 0 Å². The Morgan fingerprint density at radius 3 is 1.82 bits per heavy atom. The molecule has 0 amide bonds. The number of hydrogen-bond acceptors (Lipinski definition) is 1. The Morgan fingerprint density at radius 1 is 0.882 bits per heavy atom. The summed E-state index contributed by atoms with van der Waals surface area (Å²) in [5, 5.41) is 13.6. The fourth-order valence-electron chi connectivity index (χ4n) is 6.18. The fraction of sp³-hybridized carbons (Fsp3) is 1.00. The molecular formula is C15H25NO. The van der Waals surface area contributed by atoms with Gasteiger partial charge < -0.3 is 10.3 Å². The average molecular weight is 235 g/mol. The van der Waals surface area contributed by atoms with E-state index in [9.17, 15) is 5.21 Å². The van der Waals surface area contributed by atoms with E-state index < -0.39 is 0 Å². The molecule has 2 nitrogen and oxygen atoms in total. The first-order chi connectivity index (χ1) is 8.02. The van der Waals surface area contributed by atoms with Crippen molar-refractivity contribution in [3.05, 3.63) is 5.21 Å². The number of hydrogen-bond donors (Lipinski definition) is 1. The third-order valence-electron chi connectivity index (χ3n) is 6.80. The van der Waals surface area contributed by atoms with E-state index in [1.807, 2.05) is 0 Å². The Bertz CT molecular complexity index is 321. The molecule has 1 saturated heterocycles. The summed E-state index contributed by atoms with van der Waals surface area (Å²) in [6.45, 7) is 4.38. The van der Waals surface area contributed by atoms with Gasteiger partial charge in [-0.2, -0.15) is 0 Å². The molecule has 1 atom stereocenters. The molecule has 1 spiro atoms. The van der Waals surface area contributed by atoms with Crippen molar-refractivity contribution >= 4 is 0 Å². The molecule has 0 aromatic heterocycles. The molecule has 1 heterocycles. The molecule has 2 heteroatoms. The molecule has 1 aliphatic heterocycles. The Morgan fingerprint density at radius 2 is 1.41 bits per heavy atom. The summed E-state index contributed by atoms with van der Waals surface area (Å²) in [6, 6.07) is 0. The molecular weight excluding hydrogens is 210 g/mol. The molecule has 96 valence electrons. The van der Waals surface area contributed by atoms with E-state index in [0.717, 1.165) is 30.1 Å². The molecule has 1 N–H and O–H groups in total. The molecule has 5 fully saturated rings. The van der Waals surface area contributed by atoms with Crippen LogP contribution in [0.1, 0.15) is 58.8 Å². The third kappa shape index (κ3) is 1.19. The summed E-state index contributed by atoms with van der Waals surface area (Å²) in [4.78, 5) is 0. The van der Waals surface area contributed by atoms with Crippen molar-refractivity contribution in [2.24, 2.45) is 23.7 Å². The van der Waals surface area contributed by atoms with Crippen LogP contribution in [0, 0.1) is 28.9 Å². The molecule has 1 unspecified atom stereocenters. The lowest BCUT2D eigenvalue weighted by molar-refractivity contribution is -0.949. The largest absolute Gasteiger partial charge is 0.634 e. The minimum absolute atomic E-state index is 0.0185. The minimum Gasteiger partial charge on any atom is -0.634 e. The van der Waals surface area contributed by atoms with E-state index in [2.05, 4.69) is 13.8 Å². The van der Waals surface area contributed by atoms with Gasteiger partial charge in [0.15, 0.2) is 0 Å². The summed E-state index contributed by atoms with van der Waals surface area (Å²) in [7, 11) is 0. The van der Waals surface area contributed by atoms with Crippen LogP contribution in [-0.4, -0.2) is 11.1 Å². The topological polar surface area (TPSA) is 27.5 Å². The highest BCUT2D eigenvalue weighted by Gasteiger charge is 2.65. The van der Waals surface area contributed by atoms with Gasteiger partial charge in [-0.3, -0.25) is 0 Å². The molecule has 4 aliphatic carbocycles. The zero-order chi connectivity index (χ0) is 11.8. The van der Waals surface area contributed by atoms with Crippen molar-refractivity contribution in [3.8, 4) is 0 Å². The van der Waals surface area contributed by atoms with Crippen LogP contribution in [0.5, 0.6) is 0 Å². The maximum Gasteiger partial charge on any atom is 0.104 e. The maximum absolute atomic E-state index is 12.9. The second-order valence-corrected chi connectivity index (χ2v) is 8.06. The van der Waals surface area contributed by atoms with Gasteiger partial charge in [0.25, 0.3) is 0 Å². The standard InChI is InChI=1S/C15H25NO/c1-14(2)3-4-15(16(14)17)12-6-10-5-11(8-12)9-13(15)7-10/h10-13,16H,3-9H2,1-2H3. The van der Waals surface area contributed by atoms with E-state index in [0.29, 0.717) is 5.06 Å². The summed E-state index contributed by atoms with van der Waals surface area (Å²) in [5.41, 5.74) is 0.131. The zero-order valence-electron chi connectivity index (χ0n) is 11.2. The first-order valence-corrected chi connectivity index (χ1v) is 7.57. The van der Waals surface area contributed by atoms with Crippen molar-refractivity contribution in [3.63, 3.8) is 0 Å². The number of hydroxylamine groups is 2. The SMILES string of the molecule is CC1(C)CCC2(C3CC4CC(C3)CC2C4)[NH+]1[O-]. The molecule has 0 radical (unpaired) electrons. The van der Waals surface area contributed by atoms with Crippen molar-refractivity contribution < 1.29 is 5.06 Å². The third-order valence-corrected chi connectivity index (χ3v) is 6.80. The monoisotopic (exact) mass is 235 g/mol. The predicted molar refractivity (Wildman–Crippen MR) is 67.4 cm³/mol. The van der Waals surface area contributed by atoms with Gasteiger partial charge >= 0.3 is 0 Å². The lowest BCUT2D eigenvalue weighted by Gasteiger charge is -2.62. The summed E-state index contributed by atoms with van der Waals surface area (Å²) in [5.74, 6) is 3.51. The zero-order valence-corrected chi connectivity index (χ0v) is 11.2. The molecule has 5 aliphatic rings. The van der Waals surface area contributed by atoms with Crippen LogP contribution >= 0.6 is 0 Å². The summed E-state index contributed by atoms with van der Waals surface area (Å²) < 4.78 is 0. The number of quaternary nitrogens is 1. The van der Waals surface area contributed by atoms with Crippen LogP contribution in [-0.2, 0) is 0 Å². The molecule has 4 bridgehead atoms. The van der Waals surface area contributed by atoms with Gasteiger partial charge in [0.1, 0.15) is 5.54 Å². The number of nitrogens with one attached hydrogen (secondary N) is 1.